The third kappa shape index (κ3) is 2.85. The number of carbonyl (C=O) groups is 1. The standard InChI is InChI=1S/C18H22N2O3/c21-18(13-5-1-2-6-13)20-11-12-22-17-14(20)8-9-15(17)23-16-7-3-4-10-19-16/h3-5,7,10,14-15,17H,1-2,6,8-9,11-12H2/t14-,15+,17+/m0/s1. The fourth-order valence-electron chi connectivity index (χ4n) is 3.92. The SMILES string of the molecule is O=C(C1=CCCC1)N1CCO[C@H]2[C@H](Oc3ccccn3)CC[C@@H]21. The molecule has 4 rings (SSSR count). The number of hydrogen-bond acceptors (Lipinski definition) is 4. The van der Waals surface area contributed by atoms with E-state index >= 15 is 0 Å². The van der Waals surface area contributed by atoms with Crippen molar-refractivity contribution >= 4 is 5.91 Å². The van der Waals surface area contributed by atoms with Crippen LogP contribution in [0.2, 0.25) is 0 Å². The van der Waals surface area contributed by atoms with Gasteiger partial charge in [-0.25, -0.2) is 4.98 Å². The summed E-state index contributed by atoms with van der Waals surface area (Å²) in [6, 6.07) is 5.78. The van der Waals surface area contributed by atoms with Crippen LogP contribution in [0.25, 0.3) is 0 Å². The molecule has 2 aliphatic carbocycles. The zero-order chi connectivity index (χ0) is 15.6. The molecule has 23 heavy (non-hydrogen) atoms. The fourth-order valence-corrected chi connectivity index (χ4v) is 3.92. The number of aromatic nitrogens is 1. The molecule has 1 amide bonds. The van der Waals surface area contributed by atoms with Gasteiger partial charge in [0, 0.05) is 24.4 Å². The highest BCUT2D eigenvalue weighted by molar-refractivity contribution is 5.94. The highest BCUT2D eigenvalue weighted by Gasteiger charge is 2.46. The Hall–Kier alpha value is -1.88. The van der Waals surface area contributed by atoms with Gasteiger partial charge in [0.25, 0.3) is 0 Å². The van der Waals surface area contributed by atoms with Crippen molar-refractivity contribution in [3.8, 4) is 5.88 Å². The lowest BCUT2D eigenvalue weighted by atomic mass is 10.1. The third-order valence-electron chi connectivity index (χ3n) is 5.02. The van der Waals surface area contributed by atoms with Crippen LogP contribution in [-0.2, 0) is 9.53 Å². The fraction of sp³-hybridized carbons (Fsp3) is 0.556. The molecule has 2 heterocycles. The Morgan fingerprint density at radius 1 is 1.35 bits per heavy atom. The lowest BCUT2D eigenvalue weighted by Gasteiger charge is -2.39. The van der Waals surface area contributed by atoms with Crippen LogP contribution < -0.4 is 4.74 Å². The summed E-state index contributed by atoms with van der Waals surface area (Å²) in [5.74, 6) is 0.836. The molecule has 3 aliphatic rings. The number of carbonyl (C=O) groups excluding carboxylic acids is 1. The molecule has 0 N–H and O–H groups in total. The summed E-state index contributed by atoms with van der Waals surface area (Å²) in [5.41, 5.74) is 0.986. The molecule has 122 valence electrons. The topological polar surface area (TPSA) is 51.7 Å². The second kappa shape index (κ2) is 6.32. The van der Waals surface area contributed by atoms with Crippen LogP contribution in [0, 0.1) is 0 Å². The van der Waals surface area contributed by atoms with E-state index in [0.717, 1.165) is 37.7 Å². The van der Waals surface area contributed by atoms with Crippen LogP contribution in [0.15, 0.2) is 36.0 Å². The summed E-state index contributed by atoms with van der Waals surface area (Å²) in [5, 5.41) is 0. The van der Waals surface area contributed by atoms with Crippen molar-refractivity contribution in [2.75, 3.05) is 13.2 Å². The highest BCUT2D eigenvalue weighted by atomic mass is 16.5. The Morgan fingerprint density at radius 2 is 2.30 bits per heavy atom. The quantitative estimate of drug-likeness (QED) is 0.859. The van der Waals surface area contributed by atoms with Crippen molar-refractivity contribution in [2.45, 2.75) is 50.4 Å². The van der Waals surface area contributed by atoms with Crippen molar-refractivity contribution in [2.24, 2.45) is 0 Å². The number of hydrogen-bond donors (Lipinski definition) is 0. The number of morpholine rings is 1. The average molecular weight is 314 g/mol. The molecular weight excluding hydrogens is 292 g/mol. The minimum atomic E-state index is -0.0447. The molecule has 1 aromatic rings. The van der Waals surface area contributed by atoms with Crippen molar-refractivity contribution in [1.82, 2.24) is 9.88 Å². The second-order valence-electron chi connectivity index (χ2n) is 6.42. The Morgan fingerprint density at radius 3 is 3.09 bits per heavy atom. The Kier molecular flexibility index (Phi) is 4.04. The maximum Gasteiger partial charge on any atom is 0.249 e. The smallest absolute Gasteiger partial charge is 0.249 e. The van der Waals surface area contributed by atoms with Crippen molar-refractivity contribution in [3.05, 3.63) is 36.0 Å². The van der Waals surface area contributed by atoms with Crippen LogP contribution in [0.4, 0.5) is 0 Å². The molecule has 0 radical (unpaired) electrons. The zero-order valence-corrected chi connectivity index (χ0v) is 13.2. The molecule has 1 saturated heterocycles. The van der Waals surface area contributed by atoms with Gasteiger partial charge >= 0.3 is 0 Å². The minimum absolute atomic E-state index is 0.0249. The average Bonchev–Trinajstić information content (AvgIpc) is 3.25. The second-order valence-corrected chi connectivity index (χ2v) is 6.42. The van der Waals surface area contributed by atoms with E-state index in [9.17, 15) is 4.79 Å². The Balaban J connectivity index is 1.47. The molecule has 0 spiro atoms. The molecule has 1 aliphatic heterocycles. The van der Waals surface area contributed by atoms with Crippen molar-refractivity contribution < 1.29 is 14.3 Å². The lowest BCUT2D eigenvalue weighted by molar-refractivity contribution is -0.143. The predicted molar refractivity (Wildman–Crippen MR) is 85.1 cm³/mol. The normalized spacial score (nSPS) is 30.0. The van der Waals surface area contributed by atoms with Gasteiger partial charge in [0.15, 0.2) is 0 Å². The number of amides is 1. The van der Waals surface area contributed by atoms with Crippen LogP contribution in [0.5, 0.6) is 5.88 Å². The molecule has 3 atom stereocenters. The summed E-state index contributed by atoms with van der Waals surface area (Å²) in [6.07, 6.45) is 8.64. The largest absolute Gasteiger partial charge is 0.471 e. The first-order chi connectivity index (χ1) is 11.3. The number of nitrogens with zero attached hydrogens (tertiary/aromatic N) is 2. The number of allylic oxidation sites excluding steroid dienone is 1. The van der Waals surface area contributed by atoms with Gasteiger partial charge < -0.3 is 14.4 Å². The van der Waals surface area contributed by atoms with Gasteiger partial charge in [-0.2, -0.15) is 0 Å². The molecule has 0 aromatic carbocycles. The van der Waals surface area contributed by atoms with E-state index in [4.69, 9.17) is 9.47 Å². The zero-order valence-electron chi connectivity index (χ0n) is 13.2. The van der Waals surface area contributed by atoms with Crippen LogP contribution >= 0.6 is 0 Å². The predicted octanol–water partition coefficient (Wildman–Crippen LogP) is 2.33. The summed E-state index contributed by atoms with van der Waals surface area (Å²) >= 11 is 0. The Labute approximate surface area is 136 Å². The summed E-state index contributed by atoms with van der Waals surface area (Å²) < 4.78 is 12.0. The van der Waals surface area contributed by atoms with E-state index < -0.39 is 0 Å². The van der Waals surface area contributed by atoms with E-state index in [1.165, 1.54) is 0 Å². The Bertz CT molecular complexity index is 602. The third-order valence-corrected chi connectivity index (χ3v) is 5.02. The van der Waals surface area contributed by atoms with Gasteiger partial charge in [-0.1, -0.05) is 12.1 Å². The van der Waals surface area contributed by atoms with E-state index in [1.54, 1.807) is 6.20 Å². The van der Waals surface area contributed by atoms with Crippen LogP contribution in [-0.4, -0.2) is 47.2 Å². The highest BCUT2D eigenvalue weighted by Crippen LogP contribution is 2.34. The minimum Gasteiger partial charge on any atom is -0.471 e. The molecule has 1 saturated carbocycles. The van der Waals surface area contributed by atoms with Gasteiger partial charge in [-0.3, -0.25) is 4.79 Å². The number of ether oxygens (including phenoxy) is 2. The van der Waals surface area contributed by atoms with Gasteiger partial charge in [0.05, 0.1) is 12.6 Å². The maximum absolute atomic E-state index is 12.8. The maximum atomic E-state index is 12.8. The summed E-state index contributed by atoms with van der Waals surface area (Å²) in [6.45, 7) is 1.27. The number of rotatable bonds is 3. The first kappa shape index (κ1) is 14.7. The molecule has 0 unspecified atom stereocenters. The van der Waals surface area contributed by atoms with E-state index in [-0.39, 0.29) is 24.2 Å². The van der Waals surface area contributed by atoms with E-state index in [0.29, 0.717) is 19.0 Å². The molecule has 5 nitrogen and oxygen atoms in total. The summed E-state index contributed by atoms with van der Waals surface area (Å²) in [4.78, 5) is 19.0. The van der Waals surface area contributed by atoms with Crippen LogP contribution in [0.3, 0.4) is 0 Å². The number of fused-ring (bicyclic) bond motifs is 1. The van der Waals surface area contributed by atoms with Gasteiger partial charge in [0.2, 0.25) is 11.8 Å². The first-order valence-electron chi connectivity index (χ1n) is 8.52. The lowest BCUT2D eigenvalue weighted by Crippen LogP contribution is -2.54. The van der Waals surface area contributed by atoms with Gasteiger partial charge in [-0.15, -0.1) is 0 Å². The molecule has 0 bridgehead atoms. The van der Waals surface area contributed by atoms with Crippen molar-refractivity contribution in [1.29, 1.82) is 0 Å². The first-order valence-corrected chi connectivity index (χ1v) is 8.52. The molecule has 2 fully saturated rings. The summed E-state index contributed by atoms with van der Waals surface area (Å²) in [7, 11) is 0. The van der Waals surface area contributed by atoms with Crippen LogP contribution in [0.1, 0.15) is 32.1 Å². The molecule has 1 aromatic heterocycles. The number of pyridine rings is 1. The molecular formula is C18H22N2O3. The van der Waals surface area contributed by atoms with Gasteiger partial charge in [-0.05, 0) is 38.2 Å². The van der Waals surface area contributed by atoms with E-state index in [1.807, 2.05) is 23.1 Å². The van der Waals surface area contributed by atoms with Gasteiger partial charge in [0.1, 0.15) is 12.2 Å². The molecule has 5 heteroatoms. The monoisotopic (exact) mass is 314 g/mol. The van der Waals surface area contributed by atoms with E-state index in [2.05, 4.69) is 11.1 Å². The van der Waals surface area contributed by atoms with Crippen molar-refractivity contribution in [3.63, 3.8) is 0 Å².